The first kappa shape index (κ1) is 10.7. The summed E-state index contributed by atoms with van der Waals surface area (Å²) in [7, 11) is 0. The van der Waals surface area contributed by atoms with Gasteiger partial charge in [-0.3, -0.25) is 0 Å². The molecule has 1 aromatic rings. The van der Waals surface area contributed by atoms with Crippen molar-refractivity contribution in [1.82, 2.24) is 0 Å². The van der Waals surface area contributed by atoms with Crippen LogP contribution in [0, 0.1) is 0 Å². The molecule has 0 aromatic heterocycles. The fourth-order valence-corrected chi connectivity index (χ4v) is 2.61. The van der Waals surface area contributed by atoms with Crippen LogP contribution in [0.2, 0.25) is 0 Å². The van der Waals surface area contributed by atoms with E-state index in [1.54, 1.807) is 12.1 Å². The van der Waals surface area contributed by atoms with E-state index in [9.17, 15) is 4.79 Å². The molecular weight excluding hydrogens is 220 g/mol. The fourth-order valence-electron chi connectivity index (χ4n) is 2.61. The van der Waals surface area contributed by atoms with E-state index in [2.05, 4.69) is 0 Å². The second-order valence-electron chi connectivity index (χ2n) is 4.57. The van der Waals surface area contributed by atoms with Crippen LogP contribution in [0.4, 0.5) is 0 Å². The van der Waals surface area contributed by atoms with Crippen molar-refractivity contribution in [3.63, 3.8) is 0 Å². The first-order chi connectivity index (χ1) is 8.19. The summed E-state index contributed by atoms with van der Waals surface area (Å²) < 4.78 is 11.4. The normalized spacial score (nSPS) is 21.4. The van der Waals surface area contributed by atoms with E-state index in [1.807, 2.05) is 6.07 Å². The zero-order chi connectivity index (χ0) is 11.9. The number of hydrogen-bond acceptors (Lipinski definition) is 3. The quantitative estimate of drug-likeness (QED) is 0.802. The number of carboxylic acids is 1. The lowest BCUT2D eigenvalue weighted by Gasteiger charge is -2.32. The van der Waals surface area contributed by atoms with Crippen LogP contribution in [-0.2, 0) is 22.3 Å². The van der Waals surface area contributed by atoms with E-state index >= 15 is 0 Å². The molecule has 2 aliphatic rings. The SMILES string of the molecule is O=C(O)c1ccc2c(c1)CCC1(C2)OCCO1. The maximum atomic E-state index is 10.9. The molecule has 0 bridgehead atoms. The van der Waals surface area contributed by atoms with Crippen LogP contribution in [-0.4, -0.2) is 30.1 Å². The van der Waals surface area contributed by atoms with Crippen molar-refractivity contribution in [1.29, 1.82) is 0 Å². The van der Waals surface area contributed by atoms with E-state index < -0.39 is 11.8 Å². The number of ether oxygens (including phenoxy) is 2. The summed E-state index contributed by atoms with van der Waals surface area (Å²) in [6.07, 6.45) is 2.35. The zero-order valence-corrected chi connectivity index (χ0v) is 9.44. The minimum atomic E-state index is -0.874. The lowest BCUT2D eigenvalue weighted by atomic mass is 9.86. The van der Waals surface area contributed by atoms with Crippen molar-refractivity contribution in [2.24, 2.45) is 0 Å². The van der Waals surface area contributed by atoms with Crippen LogP contribution < -0.4 is 0 Å². The van der Waals surface area contributed by atoms with Gasteiger partial charge in [-0.05, 0) is 29.7 Å². The molecule has 1 heterocycles. The third kappa shape index (κ3) is 1.83. The molecule has 1 fully saturated rings. The number of hydrogen-bond donors (Lipinski definition) is 1. The van der Waals surface area contributed by atoms with Gasteiger partial charge in [-0.1, -0.05) is 6.07 Å². The van der Waals surface area contributed by atoms with E-state index in [1.165, 1.54) is 0 Å². The Kier molecular flexibility index (Phi) is 2.42. The molecule has 1 saturated heterocycles. The number of carbonyl (C=O) groups is 1. The molecule has 4 heteroatoms. The summed E-state index contributed by atoms with van der Waals surface area (Å²) in [4.78, 5) is 10.9. The third-order valence-corrected chi connectivity index (χ3v) is 3.50. The Balaban J connectivity index is 1.91. The summed E-state index contributed by atoms with van der Waals surface area (Å²) in [5.74, 6) is -1.32. The zero-order valence-electron chi connectivity index (χ0n) is 9.44. The number of aromatic carboxylic acids is 1. The standard InChI is InChI=1S/C13H14O4/c14-12(15)10-1-2-11-8-13(16-5-6-17-13)4-3-9(11)7-10/h1-2,7H,3-6,8H2,(H,14,15). The van der Waals surface area contributed by atoms with E-state index in [0.717, 1.165) is 30.4 Å². The minimum Gasteiger partial charge on any atom is -0.478 e. The molecule has 3 rings (SSSR count). The van der Waals surface area contributed by atoms with Crippen molar-refractivity contribution < 1.29 is 19.4 Å². The second kappa shape index (κ2) is 3.82. The molecule has 0 radical (unpaired) electrons. The average Bonchev–Trinajstić information content (AvgIpc) is 2.76. The van der Waals surface area contributed by atoms with Gasteiger partial charge in [-0.2, -0.15) is 0 Å². The highest BCUT2D eigenvalue weighted by atomic mass is 16.7. The lowest BCUT2D eigenvalue weighted by Crippen LogP contribution is -2.37. The van der Waals surface area contributed by atoms with Gasteiger partial charge >= 0.3 is 5.97 Å². The summed E-state index contributed by atoms with van der Waals surface area (Å²) in [6, 6.07) is 5.29. The molecule has 4 nitrogen and oxygen atoms in total. The molecule has 1 aliphatic carbocycles. The maximum Gasteiger partial charge on any atom is 0.335 e. The van der Waals surface area contributed by atoms with E-state index in [4.69, 9.17) is 14.6 Å². The molecule has 0 atom stereocenters. The van der Waals surface area contributed by atoms with Gasteiger partial charge in [0.1, 0.15) is 0 Å². The van der Waals surface area contributed by atoms with Crippen LogP contribution in [0.5, 0.6) is 0 Å². The minimum absolute atomic E-state index is 0.355. The Hall–Kier alpha value is -1.39. The van der Waals surface area contributed by atoms with Gasteiger partial charge in [0.15, 0.2) is 5.79 Å². The monoisotopic (exact) mass is 234 g/mol. The van der Waals surface area contributed by atoms with E-state index in [0.29, 0.717) is 18.8 Å². The van der Waals surface area contributed by atoms with Crippen molar-refractivity contribution in [2.75, 3.05) is 13.2 Å². The van der Waals surface area contributed by atoms with E-state index in [-0.39, 0.29) is 0 Å². The summed E-state index contributed by atoms with van der Waals surface area (Å²) >= 11 is 0. The second-order valence-corrected chi connectivity index (χ2v) is 4.57. The lowest BCUT2D eigenvalue weighted by molar-refractivity contribution is -0.163. The number of aryl methyl sites for hydroxylation is 1. The molecule has 1 aliphatic heterocycles. The predicted molar refractivity (Wildman–Crippen MR) is 60.1 cm³/mol. The van der Waals surface area contributed by atoms with Crippen LogP contribution >= 0.6 is 0 Å². The van der Waals surface area contributed by atoms with Crippen LogP contribution in [0.3, 0.4) is 0 Å². The van der Waals surface area contributed by atoms with Crippen LogP contribution in [0.25, 0.3) is 0 Å². The molecule has 0 amide bonds. The summed E-state index contributed by atoms with van der Waals surface area (Å²) in [5.41, 5.74) is 2.60. The Morgan fingerprint density at radius 3 is 2.71 bits per heavy atom. The molecule has 1 aromatic carbocycles. The van der Waals surface area contributed by atoms with Crippen molar-refractivity contribution >= 4 is 5.97 Å². The van der Waals surface area contributed by atoms with Gasteiger partial charge in [0.05, 0.1) is 18.8 Å². The van der Waals surface area contributed by atoms with Gasteiger partial charge in [0, 0.05) is 12.8 Å². The Labute approximate surface area is 99.2 Å². The smallest absolute Gasteiger partial charge is 0.335 e. The van der Waals surface area contributed by atoms with Crippen molar-refractivity contribution in [3.05, 3.63) is 34.9 Å². The highest BCUT2D eigenvalue weighted by Crippen LogP contribution is 2.35. The number of benzene rings is 1. The van der Waals surface area contributed by atoms with Gasteiger partial charge < -0.3 is 14.6 Å². The fraction of sp³-hybridized carbons (Fsp3) is 0.462. The first-order valence-corrected chi connectivity index (χ1v) is 5.82. The van der Waals surface area contributed by atoms with Gasteiger partial charge in [0.2, 0.25) is 0 Å². The molecule has 1 spiro atoms. The summed E-state index contributed by atoms with van der Waals surface area (Å²) in [5, 5.41) is 8.94. The largest absolute Gasteiger partial charge is 0.478 e. The topological polar surface area (TPSA) is 55.8 Å². The first-order valence-electron chi connectivity index (χ1n) is 5.82. The molecular formula is C13H14O4. The molecule has 1 N–H and O–H groups in total. The summed E-state index contributed by atoms with van der Waals surface area (Å²) in [6.45, 7) is 1.31. The molecule has 0 saturated carbocycles. The molecule has 90 valence electrons. The highest BCUT2D eigenvalue weighted by Gasteiger charge is 2.39. The Morgan fingerprint density at radius 1 is 1.24 bits per heavy atom. The molecule has 0 unspecified atom stereocenters. The predicted octanol–water partition coefficient (Wildman–Crippen LogP) is 1.62. The van der Waals surface area contributed by atoms with Gasteiger partial charge in [-0.25, -0.2) is 4.79 Å². The number of rotatable bonds is 1. The Bertz CT molecular complexity index is 460. The molecule has 17 heavy (non-hydrogen) atoms. The number of fused-ring (bicyclic) bond motifs is 1. The van der Waals surface area contributed by atoms with Crippen LogP contribution in [0.15, 0.2) is 18.2 Å². The third-order valence-electron chi connectivity index (χ3n) is 3.50. The van der Waals surface area contributed by atoms with Gasteiger partial charge in [0.25, 0.3) is 0 Å². The van der Waals surface area contributed by atoms with Crippen LogP contribution in [0.1, 0.15) is 27.9 Å². The van der Waals surface area contributed by atoms with Crippen molar-refractivity contribution in [2.45, 2.75) is 25.0 Å². The number of carboxylic acid groups (broad SMARTS) is 1. The maximum absolute atomic E-state index is 10.9. The average molecular weight is 234 g/mol. The Morgan fingerprint density at radius 2 is 2.00 bits per heavy atom. The van der Waals surface area contributed by atoms with Crippen molar-refractivity contribution in [3.8, 4) is 0 Å². The van der Waals surface area contributed by atoms with Gasteiger partial charge in [-0.15, -0.1) is 0 Å². The highest BCUT2D eigenvalue weighted by molar-refractivity contribution is 5.87.